The molecule has 2 N–H and O–H groups in total. The first-order chi connectivity index (χ1) is 8.27. The summed E-state index contributed by atoms with van der Waals surface area (Å²) in [7, 11) is 0. The Morgan fingerprint density at radius 3 is 2.94 bits per heavy atom. The molecule has 0 bridgehead atoms. The van der Waals surface area contributed by atoms with Crippen LogP contribution in [0.2, 0.25) is 5.02 Å². The van der Waals surface area contributed by atoms with E-state index in [1.165, 1.54) is 32.1 Å². The quantitative estimate of drug-likeness (QED) is 0.870. The van der Waals surface area contributed by atoms with Crippen molar-refractivity contribution in [2.45, 2.75) is 38.5 Å². The lowest BCUT2D eigenvalue weighted by molar-refractivity contribution is 0.345. The predicted molar refractivity (Wildman–Crippen MR) is 69.5 cm³/mol. The van der Waals surface area contributed by atoms with Crippen molar-refractivity contribution < 1.29 is 0 Å². The minimum atomic E-state index is -0.339. The second kappa shape index (κ2) is 6.05. The first-order valence-corrected chi connectivity index (χ1v) is 6.62. The molecule has 1 aliphatic rings. The van der Waals surface area contributed by atoms with Crippen molar-refractivity contribution in [3.63, 3.8) is 0 Å². The van der Waals surface area contributed by atoms with Crippen LogP contribution >= 0.6 is 11.6 Å². The van der Waals surface area contributed by atoms with Crippen LogP contribution in [0, 0.1) is 5.92 Å². The summed E-state index contributed by atoms with van der Waals surface area (Å²) >= 11 is 5.87. The maximum atomic E-state index is 11.2. The van der Waals surface area contributed by atoms with E-state index in [-0.39, 0.29) is 10.6 Å². The SMILES string of the molecule is O=c1[nH]ncc(NCCC2CCCCC2)c1Cl. The average molecular weight is 256 g/mol. The Hall–Kier alpha value is -1.03. The zero-order valence-electron chi connectivity index (χ0n) is 9.84. The van der Waals surface area contributed by atoms with Crippen LogP contribution in [-0.4, -0.2) is 16.7 Å². The second-order valence-electron chi connectivity index (χ2n) is 4.65. The Bertz CT molecular complexity index is 412. The Morgan fingerprint density at radius 2 is 2.18 bits per heavy atom. The molecule has 0 amide bonds. The highest BCUT2D eigenvalue weighted by molar-refractivity contribution is 6.32. The third-order valence-electron chi connectivity index (χ3n) is 3.39. The van der Waals surface area contributed by atoms with Crippen LogP contribution in [0.3, 0.4) is 0 Å². The fourth-order valence-electron chi connectivity index (χ4n) is 2.39. The summed E-state index contributed by atoms with van der Waals surface area (Å²) in [5, 5.41) is 9.41. The van der Waals surface area contributed by atoms with Crippen molar-refractivity contribution in [3.05, 3.63) is 21.6 Å². The van der Waals surface area contributed by atoms with Crippen molar-refractivity contribution in [1.82, 2.24) is 10.2 Å². The molecular formula is C12H18ClN3O. The van der Waals surface area contributed by atoms with E-state index in [1.807, 2.05) is 0 Å². The minimum Gasteiger partial charge on any atom is -0.382 e. The van der Waals surface area contributed by atoms with E-state index in [4.69, 9.17) is 11.6 Å². The van der Waals surface area contributed by atoms with Gasteiger partial charge in [-0.3, -0.25) is 4.79 Å². The van der Waals surface area contributed by atoms with Crippen molar-refractivity contribution >= 4 is 17.3 Å². The van der Waals surface area contributed by atoms with E-state index >= 15 is 0 Å². The molecule has 2 rings (SSSR count). The lowest BCUT2D eigenvalue weighted by Gasteiger charge is -2.21. The number of nitrogens with zero attached hydrogens (tertiary/aromatic N) is 1. The molecule has 17 heavy (non-hydrogen) atoms. The van der Waals surface area contributed by atoms with Gasteiger partial charge in [-0.2, -0.15) is 5.10 Å². The van der Waals surface area contributed by atoms with Gasteiger partial charge in [-0.05, 0) is 12.3 Å². The van der Waals surface area contributed by atoms with Gasteiger partial charge in [0.15, 0.2) is 0 Å². The maximum Gasteiger partial charge on any atom is 0.285 e. The van der Waals surface area contributed by atoms with Crippen molar-refractivity contribution in [1.29, 1.82) is 0 Å². The number of H-pyrrole nitrogens is 1. The normalized spacial score (nSPS) is 17.0. The number of aromatic nitrogens is 2. The van der Waals surface area contributed by atoms with Gasteiger partial charge < -0.3 is 5.32 Å². The molecule has 0 spiro atoms. The average Bonchev–Trinajstić information content (AvgIpc) is 2.36. The van der Waals surface area contributed by atoms with Crippen LogP contribution in [0.25, 0.3) is 0 Å². The van der Waals surface area contributed by atoms with Crippen molar-refractivity contribution in [2.24, 2.45) is 5.92 Å². The van der Waals surface area contributed by atoms with Gasteiger partial charge in [0, 0.05) is 6.54 Å². The van der Waals surface area contributed by atoms with Gasteiger partial charge in [-0.25, -0.2) is 5.10 Å². The monoisotopic (exact) mass is 255 g/mol. The van der Waals surface area contributed by atoms with E-state index in [9.17, 15) is 4.79 Å². The second-order valence-corrected chi connectivity index (χ2v) is 5.02. The van der Waals surface area contributed by atoms with Crippen LogP contribution in [0.4, 0.5) is 5.69 Å². The molecule has 1 saturated carbocycles. The zero-order valence-corrected chi connectivity index (χ0v) is 10.6. The lowest BCUT2D eigenvalue weighted by Crippen LogP contribution is -2.15. The molecule has 1 aromatic rings. The molecule has 0 unspecified atom stereocenters. The molecule has 1 aromatic heterocycles. The molecule has 1 aliphatic carbocycles. The molecule has 0 radical (unpaired) electrons. The predicted octanol–water partition coefficient (Wildman–Crippen LogP) is 2.81. The molecule has 1 heterocycles. The molecule has 5 heteroatoms. The summed E-state index contributed by atoms with van der Waals surface area (Å²) in [5.74, 6) is 0.824. The molecule has 0 aliphatic heterocycles. The van der Waals surface area contributed by atoms with Gasteiger partial charge in [-0.1, -0.05) is 43.7 Å². The molecule has 0 atom stereocenters. The van der Waals surface area contributed by atoms with Gasteiger partial charge >= 0.3 is 0 Å². The van der Waals surface area contributed by atoms with Gasteiger partial charge in [0.1, 0.15) is 5.02 Å². The van der Waals surface area contributed by atoms with Crippen LogP contribution in [0.5, 0.6) is 0 Å². The third kappa shape index (κ3) is 3.46. The first kappa shape index (κ1) is 12.4. The number of hydrogen-bond donors (Lipinski definition) is 2. The highest BCUT2D eigenvalue weighted by atomic mass is 35.5. The standard InChI is InChI=1S/C12H18ClN3O/c13-11-10(8-15-16-12(11)17)14-7-6-9-4-2-1-3-5-9/h8-9H,1-7H2,(H2,14,16,17). The Labute approximate surface area is 106 Å². The number of halogens is 1. The number of rotatable bonds is 4. The van der Waals surface area contributed by atoms with Gasteiger partial charge in [0.25, 0.3) is 5.56 Å². The number of nitrogens with one attached hydrogen (secondary N) is 2. The summed E-state index contributed by atoms with van der Waals surface area (Å²) < 4.78 is 0. The fraction of sp³-hybridized carbons (Fsp3) is 0.667. The van der Waals surface area contributed by atoms with Crippen molar-refractivity contribution in [3.8, 4) is 0 Å². The fourth-order valence-corrected chi connectivity index (χ4v) is 2.55. The van der Waals surface area contributed by atoms with Gasteiger partial charge in [0.2, 0.25) is 0 Å². The van der Waals surface area contributed by atoms with Gasteiger partial charge in [0.05, 0.1) is 11.9 Å². The minimum absolute atomic E-state index is 0.198. The summed E-state index contributed by atoms with van der Waals surface area (Å²) in [5.41, 5.74) is 0.292. The Kier molecular flexibility index (Phi) is 4.42. The van der Waals surface area contributed by atoms with E-state index in [2.05, 4.69) is 15.5 Å². The summed E-state index contributed by atoms with van der Waals surface area (Å²) in [6.07, 6.45) is 9.48. The van der Waals surface area contributed by atoms with Gasteiger partial charge in [-0.15, -0.1) is 0 Å². The maximum absolute atomic E-state index is 11.2. The summed E-state index contributed by atoms with van der Waals surface area (Å²) in [4.78, 5) is 11.2. The first-order valence-electron chi connectivity index (χ1n) is 6.24. The van der Waals surface area contributed by atoms with Crippen LogP contribution < -0.4 is 10.9 Å². The molecule has 4 nitrogen and oxygen atoms in total. The molecule has 1 fully saturated rings. The summed E-state index contributed by atoms with van der Waals surface area (Å²) in [6.45, 7) is 0.857. The molecular weight excluding hydrogens is 238 g/mol. The lowest BCUT2D eigenvalue weighted by atomic mass is 9.87. The van der Waals surface area contributed by atoms with E-state index in [0.29, 0.717) is 5.69 Å². The smallest absolute Gasteiger partial charge is 0.285 e. The number of aromatic amines is 1. The highest BCUT2D eigenvalue weighted by Crippen LogP contribution is 2.26. The largest absolute Gasteiger partial charge is 0.382 e. The molecule has 0 saturated heterocycles. The van der Waals surface area contributed by atoms with E-state index in [1.54, 1.807) is 6.20 Å². The van der Waals surface area contributed by atoms with Crippen LogP contribution in [0.15, 0.2) is 11.0 Å². The Morgan fingerprint density at radius 1 is 1.41 bits per heavy atom. The van der Waals surface area contributed by atoms with Crippen LogP contribution in [-0.2, 0) is 0 Å². The Balaban J connectivity index is 1.81. The third-order valence-corrected chi connectivity index (χ3v) is 3.76. The van der Waals surface area contributed by atoms with E-state index in [0.717, 1.165) is 18.9 Å². The highest BCUT2D eigenvalue weighted by Gasteiger charge is 2.13. The summed E-state index contributed by atoms with van der Waals surface area (Å²) in [6, 6.07) is 0. The molecule has 0 aromatic carbocycles. The van der Waals surface area contributed by atoms with Crippen molar-refractivity contribution in [2.75, 3.05) is 11.9 Å². The van der Waals surface area contributed by atoms with Crippen LogP contribution in [0.1, 0.15) is 38.5 Å². The zero-order chi connectivity index (χ0) is 12.1. The van der Waals surface area contributed by atoms with E-state index < -0.39 is 0 Å². The number of anilines is 1. The number of hydrogen-bond acceptors (Lipinski definition) is 3. The topological polar surface area (TPSA) is 57.8 Å². The molecule has 94 valence electrons.